The first kappa shape index (κ1) is 14.5. The van der Waals surface area contributed by atoms with Crippen LogP contribution in [0, 0.1) is 5.82 Å². The highest BCUT2D eigenvalue weighted by molar-refractivity contribution is 6.30. The normalized spacial score (nSPS) is 18.3. The number of halogens is 2. The molecule has 0 aliphatic carbocycles. The molecule has 1 N–H and O–H groups in total. The van der Waals surface area contributed by atoms with Gasteiger partial charge in [0.05, 0.1) is 11.6 Å². The number of aromatic nitrogens is 1. The van der Waals surface area contributed by atoms with Gasteiger partial charge in [-0.25, -0.2) is 4.39 Å². The van der Waals surface area contributed by atoms with Gasteiger partial charge in [-0.05, 0) is 37.1 Å². The third kappa shape index (κ3) is 3.81. The molecule has 4 nitrogen and oxygen atoms in total. The van der Waals surface area contributed by atoms with Gasteiger partial charge in [-0.3, -0.25) is 5.32 Å². The zero-order chi connectivity index (χ0) is 14.7. The predicted octanol–water partition coefficient (Wildman–Crippen LogP) is 3.28. The summed E-state index contributed by atoms with van der Waals surface area (Å²) in [6.07, 6.45) is 2.80. The molecule has 0 spiro atoms. The molecule has 0 unspecified atom stereocenters. The van der Waals surface area contributed by atoms with Crippen LogP contribution < -0.4 is 5.32 Å². The fourth-order valence-corrected chi connectivity index (χ4v) is 2.54. The Labute approximate surface area is 127 Å². The van der Waals surface area contributed by atoms with E-state index in [2.05, 4.69) is 10.5 Å². The van der Waals surface area contributed by atoms with Gasteiger partial charge in [0.2, 0.25) is 0 Å². The van der Waals surface area contributed by atoms with Crippen LogP contribution in [-0.4, -0.2) is 17.9 Å². The van der Waals surface area contributed by atoms with E-state index in [0.29, 0.717) is 18.8 Å². The molecule has 0 radical (unpaired) electrons. The standard InChI is InChI=1S/C15H16ClFN2O2/c16-13-7-10(3-4-14(13)17)6-12-8-11(19-21-12)9-20-15-2-1-5-18-15/h3-4,7-8,15,18H,1-2,5-6,9H2/t15-/m0/s1. The Balaban J connectivity index is 1.57. The Morgan fingerprint density at radius 3 is 3.10 bits per heavy atom. The Kier molecular flexibility index (Phi) is 4.53. The molecule has 21 heavy (non-hydrogen) atoms. The van der Waals surface area contributed by atoms with Crippen molar-refractivity contribution < 1.29 is 13.7 Å². The summed E-state index contributed by atoms with van der Waals surface area (Å²) in [7, 11) is 0. The second-order valence-electron chi connectivity index (χ2n) is 5.11. The van der Waals surface area contributed by atoms with Crippen LogP contribution in [0.15, 0.2) is 28.8 Å². The van der Waals surface area contributed by atoms with Crippen LogP contribution in [-0.2, 0) is 17.8 Å². The molecule has 0 amide bonds. The van der Waals surface area contributed by atoms with Gasteiger partial charge in [-0.2, -0.15) is 0 Å². The van der Waals surface area contributed by atoms with Crippen LogP contribution in [0.5, 0.6) is 0 Å². The maximum atomic E-state index is 13.1. The third-order valence-electron chi connectivity index (χ3n) is 3.42. The maximum absolute atomic E-state index is 13.1. The second kappa shape index (κ2) is 6.56. The summed E-state index contributed by atoms with van der Waals surface area (Å²) >= 11 is 5.76. The lowest BCUT2D eigenvalue weighted by Gasteiger charge is -2.09. The molecule has 2 heterocycles. The van der Waals surface area contributed by atoms with Gasteiger partial charge in [0, 0.05) is 12.5 Å². The molecule has 3 rings (SSSR count). The lowest BCUT2D eigenvalue weighted by atomic mass is 10.1. The molecular formula is C15H16ClFN2O2. The van der Waals surface area contributed by atoms with Crippen molar-refractivity contribution in [3.8, 4) is 0 Å². The molecule has 1 aromatic carbocycles. The molecule has 1 fully saturated rings. The summed E-state index contributed by atoms with van der Waals surface area (Å²) in [5.74, 6) is 0.284. The summed E-state index contributed by atoms with van der Waals surface area (Å²) < 4.78 is 24.0. The minimum Gasteiger partial charge on any atom is -0.361 e. The SMILES string of the molecule is Fc1ccc(Cc2cc(CO[C@H]3CCCN3)no2)cc1Cl. The lowest BCUT2D eigenvalue weighted by molar-refractivity contribution is 0.0281. The summed E-state index contributed by atoms with van der Waals surface area (Å²) in [5.41, 5.74) is 1.63. The fourth-order valence-electron chi connectivity index (χ4n) is 2.34. The van der Waals surface area contributed by atoms with Gasteiger partial charge in [-0.1, -0.05) is 22.8 Å². The van der Waals surface area contributed by atoms with Crippen molar-refractivity contribution in [2.24, 2.45) is 0 Å². The van der Waals surface area contributed by atoms with Crippen molar-refractivity contribution in [3.05, 3.63) is 52.1 Å². The molecule has 1 aromatic heterocycles. The van der Waals surface area contributed by atoms with E-state index in [-0.39, 0.29) is 11.3 Å². The molecule has 0 bridgehead atoms. The summed E-state index contributed by atoms with van der Waals surface area (Å²) in [5, 5.41) is 7.35. The van der Waals surface area contributed by atoms with Crippen molar-refractivity contribution in [3.63, 3.8) is 0 Å². The smallest absolute Gasteiger partial charge is 0.141 e. The highest BCUT2D eigenvalue weighted by Crippen LogP contribution is 2.19. The Hall–Kier alpha value is -1.43. The van der Waals surface area contributed by atoms with E-state index < -0.39 is 5.82 Å². The Morgan fingerprint density at radius 2 is 2.33 bits per heavy atom. The van der Waals surface area contributed by atoms with E-state index in [4.69, 9.17) is 20.9 Å². The number of rotatable bonds is 5. The van der Waals surface area contributed by atoms with Gasteiger partial charge < -0.3 is 9.26 Å². The van der Waals surface area contributed by atoms with Crippen LogP contribution in [0.1, 0.15) is 29.9 Å². The summed E-state index contributed by atoms with van der Waals surface area (Å²) in [4.78, 5) is 0. The van der Waals surface area contributed by atoms with Gasteiger partial charge >= 0.3 is 0 Å². The van der Waals surface area contributed by atoms with Crippen LogP contribution >= 0.6 is 11.6 Å². The monoisotopic (exact) mass is 310 g/mol. The summed E-state index contributed by atoms with van der Waals surface area (Å²) in [6.45, 7) is 1.42. The molecular weight excluding hydrogens is 295 g/mol. The predicted molar refractivity (Wildman–Crippen MR) is 76.5 cm³/mol. The third-order valence-corrected chi connectivity index (χ3v) is 3.71. The molecule has 2 aromatic rings. The summed E-state index contributed by atoms with van der Waals surface area (Å²) in [6, 6.07) is 6.48. The van der Waals surface area contributed by atoms with Crippen molar-refractivity contribution in [2.75, 3.05) is 6.54 Å². The number of benzene rings is 1. The van der Waals surface area contributed by atoms with Crippen molar-refractivity contribution >= 4 is 11.6 Å². The van der Waals surface area contributed by atoms with Crippen molar-refractivity contribution in [2.45, 2.75) is 32.1 Å². The Morgan fingerprint density at radius 1 is 1.43 bits per heavy atom. The molecule has 1 atom stereocenters. The maximum Gasteiger partial charge on any atom is 0.141 e. The van der Waals surface area contributed by atoms with Crippen LogP contribution in [0.2, 0.25) is 5.02 Å². The van der Waals surface area contributed by atoms with Gasteiger partial charge in [0.1, 0.15) is 23.5 Å². The van der Waals surface area contributed by atoms with E-state index in [1.54, 1.807) is 12.1 Å². The zero-order valence-corrected chi connectivity index (χ0v) is 12.2. The van der Waals surface area contributed by atoms with Crippen molar-refractivity contribution in [1.29, 1.82) is 0 Å². The van der Waals surface area contributed by atoms with E-state index in [0.717, 1.165) is 30.6 Å². The molecule has 6 heteroatoms. The number of hydrogen-bond donors (Lipinski definition) is 1. The Bertz CT molecular complexity index is 611. The molecule has 0 saturated carbocycles. The highest BCUT2D eigenvalue weighted by Gasteiger charge is 2.15. The second-order valence-corrected chi connectivity index (χ2v) is 5.51. The number of nitrogens with zero attached hydrogens (tertiary/aromatic N) is 1. The first-order valence-electron chi connectivity index (χ1n) is 6.94. The fraction of sp³-hybridized carbons (Fsp3) is 0.400. The van der Waals surface area contributed by atoms with Gasteiger partial charge in [-0.15, -0.1) is 0 Å². The van der Waals surface area contributed by atoms with Crippen LogP contribution in [0.25, 0.3) is 0 Å². The zero-order valence-electron chi connectivity index (χ0n) is 11.4. The van der Waals surface area contributed by atoms with E-state index in [1.165, 1.54) is 6.07 Å². The molecule has 1 aliphatic heterocycles. The number of ether oxygens (including phenoxy) is 1. The van der Waals surface area contributed by atoms with Crippen LogP contribution in [0.3, 0.4) is 0 Å². The molecule has 1 saturated heterocycles. The average molecular weight is 311 g/mol. The van der Waals surface area contributed by atoms with Crippen molar-refractivity contribution in [1.82, 2.24) is 10.5 Å². The number of nitrogens with one attached hydrogen (secondary N) is 1. The lowest BCUT2D eigenvalue weighted by Crippen LogP contribution is -2.24. The molecule has 1 aliphatic rings. The quantitative estimate of drug-likeness (QED) is 0.920. The highest BCUT2D eigenvalue weighted by atomic mass is 35.5. The molecule has 112 valence electrons. The average Bonchev–Trinajstić information content (AvgIpc) is 3.12. The van der Waals surface area contributed by atoms with E-state index in [9.17, 15) is 4.39 Å². The van der Waals surface area contributed by atoms with E-state index >= 15 is 0 Å². The largest absolute Gasteiger partial charge is 0.361 e. The van der Waals surface area contributed by atoms with E-state index in [1.807, 2.05) is 6.07 Å². The first-order chi connectivity index (χ1) is 10.2. The minimum absolute atomic E-state index is 0.112. The van der Waals surface area contributed by atoms with Gasteiger partial charge in [0.15, 0.2) is 0 Å². The van der Waals surface area contributed by atoms with Gasteiger partial charge in [0.25, 0.3) is 0 Å². The minimum atomic E-state index is -0.420. The first-order valence-corrected chi connectivity index (χ1v) is 7.32. The number of hydrogen-bond acceptors (Lipinski definition) is 4. The van der Waals surface area contributed by atoms with Crippen LogP contribution in [0.4, 0.5) is 4.39 Å². The topological polar surface area (TPSA) is 47.3 Å².